The number of ether oxygens (including phenoxy) is 1. The fourth-order valence-corrected chi connectivity index (χ4v) is 5.74. The Balaban J connectivity index is 1.51. The summed E-state index contributed by atoms with van der Waals surface area (Å²) in [5.41, 5.74) is 3.34. The summed E-state index contributed by atoms with van der Waals surface area (Å²) in [4.78, 5) is 15.6. The lowest BCUT2D eigenvalue weighted by Gasteiger charge is -2.19. The van der Waals surface area contributed by atoms with Gasteiger partial charge >= 0.3 is 0 Å². The van der Waals surface area contributed by atoms with Gasteiger partial charge < -0.3 is 19.8 Å². The molecule has 2 atom stereocenters. The van der Waals surface area contributed by atoms with E-state index in [2.05, 4.69) is 47.0 Å². The van der Waals surface area contributed by atoms with Crippen LogP contribution in [0.1, 0.15) is 56.3 Å². The molecule has 1 fully saturated rings. The summed E-state index contributed by atoms with van der Waals surface area (Å²) in [6.07, 6.45) is 3.54. The smallest absolute Gasteiger partial charge is 0.225 e. The fraction of sp³-hybridized carbons (Fsp3) is 0.464. The number of nitrogens with zero attached hydrogens (tertiary/aromatic N) is 3. The molecule has 0 aromatic carbocycles. The standard InChI is InChI=1S/C28H35N5O2S/c1-6-34-24-14-20-13-23(35-26(20)18(5)30-24)25-17(4)31-28(29-15-22-8-7-11-36-22)33-27(25)32-21-10-9-19(12-21)16(2)3/h7-8,11,13-14,16,19,21H,6,9-10,12,15H2,1-5H3,(H2,29,31,32,33). The predicted octanol–water partition coefficient (Wildman–Crippen LogP) is 7.21. The lowest BCUT2D eigenvalue weighted by atomic mass is 9.94. The van der Waals surface area contributed by atoms with E-state index in [1.807, 2.05) is 32.9 Å². The van der Waals surface area contributed by atoms with E-state index in [4.69, 9.17) is 19.1 Å². The molecule has 0 radical (unpaired) electrons. The van der Waals surface area contributed by atoms with E-state index >= 15 is 0 Å². The first-order valence-electron chi connectivity index (χ1n) is 12.9. The van der Waals surface area contributed by atoms with Crippen LogP contribution >= 0.6 is 11.3 Å². The van der Waals surface area contributed by atoms with Crippen LogP contribution in [0.5, 0.6) is 5.88 Å². The summed E-state index contributed by atoms with van der Waals surface area (Å²) in [5.74, 6) is 4.23. The van der Waals surface area contributed by atoms with Gasteiger partial charge in [-0.05, 0) is 69.4 Å². The number of nitrogens with one attached hydrogen (secondary N) is 2. The molecule has 8 heteroatoms. The Kier molecular flexibility index (Phi) is 7.14. The molecule has 1 saturated carbocycles. The number of pyridine rings is 1. The van der Waals surface area contributed by atoms with Crippen molar-refractivity contribution >= 4 is 34.1 Å². The Labute approximate surface area is 216 Å². The third kappa shape index (κ3) is 5.19. The maximum absolute atomic E-state index is 6.37. The van der Waals surface area contributed by atoms with Crippen molar-refractivity contribution in [1.82, 2.24) is 15.0 Å². The van der Waals surface area contributed by atoms with E-state index in [9.17, 15) is 0 Å². The Bertz CT molecular complexity index is 1330. The zero-order valence-corrected chi connectivity index (χ0v) is 22.5. The topological polar surface area (TPSA) is 85.1 Å². The first-order valence-corrected chi connectivity index (χ1v) is 13.7. The highest BCUT2D eigenvalue weighted by atomic mass is 32.1. The summed E-state index contributed by atoms with van der Waals surface area (Å²) < 4.78 is 12.0. The van der Waals surface area contributed by atoms with Crippen molar-refractivity contribution < 1.29 is 9.15 Å². The van der Waals surface area contributed by atoms with Crippen molar-refractivity contribution in [3.05, 3.63) is 45.9 Å². The van der Waals surface area contributed by atoms with Crippen LogP contribution in [-0.4, -0.2) is 27.6 Å². The second-order valence-corrected chi connectivity index (χ2v) is 11.0. The number of furan rings is 1. The predicted molar refractivity (Wildman–Crippen MR) is 147 cm³/mol. The van der Waals surface area contributed by atoms with Crippen LogP contribution in [0.15, 0.2) is 34.1 Å². The van der Waals surface area contributed by atoms with E-state index in [0.29, 0.717) is 36.9 Å². The SMILES string of the molecule is CCOc1cc2cc(-c3c(C)nc(NCc4cccs4)nc3NC3CCC(C(C)C)C3)oc2c(C)n1. The minimum atomic E-state index is 0.382. The molecule has 4 aromatic rings. The van der Waals surface area contributed by atoms with Gasteiger partial charge in [0.2, 0.25) is 11.8 Å². The van der Waals surface area contributed by atoms with Crippen LogP contribution < -0.4 is 15.4 Å². The van der Waals surface area contributed by atoms with Gasteiger partial charge in [-0.2, -0.15) is 4.98 Å². The third-order valence-electron chi connectivity index (χ3n) is 7.03. The number of fused-ring (bicyclic) bond motifs is 1. The molecule has 36 heavy (non-hydrogen) atoms. The first kappa shape index (κ1) is 24.6. The Morgan fingerprint density at radius 1 is 1.14 bits per heavy atom. The van der Waals surface area contributed by atoms with E-state index in [-0.39, 0.29) is 0 Å². The number of thiophene rings is 1. The van der Waals surface area contributed by atoms with Gasteiger partial charge in [0.05, 0.1) is 30.1 Å². The second kappa shape index (κ2) is 10.5. The molecule has 2 N–H and O–H groups in total. The minimum absolute atomic E-state index is 0.382. The van der Waals surface area contributed by atoms with E-state index < -0.39 is 0 Å². The zero-order chi connectivity index (χ0) is 25.2. The van der Waals surface area contributed by atoms with Gasteiger partial charge in [0.1, 0.15) is 11.6 Å². The molecule has 7 nitrogen and oxygen atoms in total. The average Bonchev–Trinajstić information content (AvgIpc) is 3.59. The Morgan fingerprint density at radius 3 is 2.72 bits per heavy atom. The average molecular weight is 506 g/mol. The Hall–Kier alpha value is -3.13. The van der Waals surface area contributed by atoms with Crippen molar-refractivity contribution in [2.24, 2.45) is 11.8 Å². The molecule has 4 aromatic heterocycles. The molecule has 1 aliphatic rings. The second-order valence-electron chi connectivity index (χ2n) is 9.96. The normalized spacial score (nSPS) is 17.7. The van der Waals surface area contributed by atoms with Gasteiger partial charge in [-0.1, -0.05) is 19.9 Å². The largest absolute Gasteiger partial charge is 0.478 e. The monoisotopic (exact) mass is 505 g/mol. The van der Waals surface area contributed by atoms with Gasteiger partial charge in [-0.25, -0.2) is 9.97 Å². The number of aromatic nitrogens is 3. The quantitative estimate of drug-likeness (QED) is 0.248. The molecule has 0 saturated heterocycles. The van der Waals surface area contributed by atoms with Crippen LogP contribution in [-0.2, 0) is 6.54 Å². The number of hydrogen-bond donors (Lipinski definition) is 2. The maximum atomic E-state index is 6.37. The zero-order valence-electron chi connectivity index (χ0n) is 21.7. The number of hydrogen-bond acceptors (Lipinski definition) is 8. The number of anilines is 2. The highest BCUT2D eigenvalue weighted by Crippen LogP contribution is 2.39. The van der Waals surface area contributed by atoms with Crippen molar-refractivity contribution in [2.45, 2.75) is 66.5 Å². The van der Waals surface area contributed by atoms with Crippen LogP contribution in [0.4, 0.5) is 11.8 Å². The molecule has 4 heterocycles. The molecule has 2 unspecified atom stereocenters. The highest BCUT2D eigenvalue weighted by molar-refractivity contribution is 7.09. The molecule has 1 aliphatic carbocycles. The van der Waals surface area contributed by atoms with Gasteiger partial charge in [-0.15, -0.1) is 11.3 Å². The van der Waals surface area contributed by atoms with Crippen LogP contribution in [0.25, 0.3) is 22.3 Å². The van der Waals surface area contributed by atoms with E-state index in [0.717, 1.165) is 58.3 Å². The molecular weight excluding hydrogens is 470 g/mol. The first-order chi connectivity index (χ1) is 17.4. The number of rotatable bonds is 9. The van der Waals surface area contributed by atoms with E-state index in [1.54, 1.807) is 11.3 Å². The Morgan fingerprint density at radius 2 is 2.00 bits per heavy atom. The molecule has 0 aliphatic heterocycles. The van der Waals surface area contributed by atoms with Crippen molar-refractivity contribution in [3.63, 3.8) is 0 Å². The fourth-order valence-electron chi connectivity index (χ4n) is 5.10. The molecule has 190 valence electrons. The molecule has 0 amide bonds. The van der Waals surface area contributed by atoms with Gasteiger partial charge in [-0.3, -0.25) is 0 Å². The summed E-state index contributed by atoms with van der Waals surface area (Å²) in [5, 5.41) is 10.2. The van der Waals surface area contributed by atoms with Crippen LogP contribution in [0, 0.1) is 25.7 Å². The summed E-state index contributed by atoms with van der Waals surface area (Å²) in [6.45, 7) is 11.8. The van der Waals surface area contributed by atoms with Crippen molar-refractivity contribution in [2.75, 3.05) is 17.2 Å². The highest BCUT2D eigenvalue weighted by Gasteiger charge is 2.29. The molecule has 5 rings (SSSR count). The summed E-state index contributed by atoms with van der Waals surface area (Å²) >= 11 is 1.72. The summed E-state index contributed by atoms with van der Waals surface area (Å²) in [6, 6.07) is 8.54. The van der Waals surface area contributed by atoms with E-state index in [1.165, 1.54) is 11.3 Å². The molecule has 0 bridgehead atoms. The summed E-state index contributed by atoms with van der Waals surface area (Å²) in [7, 11) is 0. The van der Waals surface area contributed by atoms with Crippen molar-refractivity contribution in [1.29, 1.82) is 0 Å². The van der Waals surface area contributed by atoms with Crippen molar-refractivity contribution in [3.8, 4) is 17.2 Å². The van der Waals surface area contributed by atoms with Gasteiger partial charge in [0.25, 0.3) is 0 Å². The lowest BCUT2D eigenvalue weighted by Crippen LogP contribution is -2.19. The lowest BCUT2D eigenvalue weighted by molar-refractivity contribution is 0.326. The minimum Gasteiger partial charge on any atom is -0.478 e. The van der Waals surface area contributed by atoms with Gasteiger partial charge in [0, 0.05) is 22.4 Å². The molecular formula is C28H35N5O2S. The maximum Gasteiger partial charge on any atom is 0.225 e. The molecule has 0 spiro atoms. The number of aryl methyl sites for hydroxylation is 2. The van der Waals surface area contributed by atoms with Crippen LogP contribution in [0.3, 0.4) is 0 Å². The van der Waals surface area contributed by atoms with Gasteiger partial charge in [0.15, 0.2) is 5.58 Å². The third-order valence-corrected chi connectivity index (χ3v) is 7.91. The van der Waals surface area contributed by atoms with Crippen LogP contribution in [0.2, 0.25) is 0 Å².